The van der Waals surface area contributed by atoms with Crippen LogP contribution in [0.1, 0.15) is 0 Å². The number of carbonyl (C=O) groups is 1. The molecule has 0 unspecified atom stereocenters. The Hall–Kier alpha value is -1.49. The van der Waals surface area contributed by atoms with Crippen molar-refractivity contribution >= 4 is 23.5 Å². The van der Waals surface area contributed by atoms with Crippen molar-refractivity contribution in [3.8, 4) is 0 Å². The van der Waals surface area contributed by atoms with Crippen molar-refractivity contribution in [2.45, 2.75) is 0 Å². The van der Waals surface area contributed by atoms with Gasteiger partial charge in [0.25, 0.3) is 0 Å². The fourth-order valence-electron chi connectivity index (χ4n) is 1.82. The molecule has 0 atom stereocenters. The van der Waals surface area contributed by atoms with Gasteiger partial charge in [0.05, 0.1) is 7.11 Å². The monoisotopic (exact) mass is 255 g/mol. The number of amides is 1. The van der Waals surface area contributed by atoms with E-state index >= 15 is 0 Å². The number of nitrogens with zero attached hydrogens (tertiary/aromatic N) is 3. The van der Waals surface area contributed by atoms with Gasteiger partial charge in [0, 0.05) is 26.2 Å². The predicted molar refractivity (Wildman–Crippen MR) is 65.4 cm³/mol. The summed E-state index contributed by atoms with van der Waals surface area (Å²) in [7, 11) is 1.40. The van der Waals surface area contributed by atoms with Crippen molar-refractivity contribution in [1.29, 1.82) is 0 Å². The van der Waals surface area contributed by atoms with Gasteiger partial charge in [-0.2, -0.15) is 0 Å². The van der Waals surface area contributed by atoms with Crippen LogP contribution in [-0.4, -0.2) is 49.3 Å². The third-order valence-electron chi connectivity index (χ3n) is 2.74. The van der Waals surface area contributed by atoms with Gasteiger partial charge in [-0.25, -0.2) is 9.78 Å². The quantitative estimate of drug-likeness (QED) is 0.716. The molecule has 0 saturated carbocycles. The molecule has 1 aliphatic rings. The molecule has 0 aliphatic carbocycles. The minimum Gasteiger partial charge on any atom is -0.453 e. The van der Waals surface area contributed by atoms with Crippen molar-refractivity contribution in [1.82, 2.24) is 9.88 Å². The fraction of sp³-hybridized carbons (Fsp3) is 0.455. The first-order valence-electron chi connectivity index (χ1n) is 5.41. The van der Waals surface area contributed by atoms with Crippen molar-refractivity contribution in [3.05, 3.63) is 23.4 Å². The molecule has 0 spiro atoms. The van der Waals surface area contributed by atoms with Crippen molar-refractivity contribution < 1.29 is 9.53 Å². The second-order valence-electron chi connectivity index (χ2n) is 3.76. The van der Waals surface area contributed by atoms with E-state index in [0.29, 0.717) is 18.2 Å². The Morgan fingerprint density at radius 2 is 2.06 bits per heavy atom. The normalized spacial score (nSPS) is 15.9. The van der Waals surface area contributed by atoms with Crippen molar-refractivity contribution in [2.24, 2.45) is 0 Å². The fourth-order valence-corrected chi connectivity index (χ4v) is 1.98. The van der Waals surface area contributed by atoms with Gasteiger partial charge in [0.15, 0.2) is 0 Å². The molecule has 0 bridgehead atoms. The molecule has 5 nitrogen and oxygen atoms in total. The van der Waals surface area contributed by atoms with E-state index in [1.807, 2.05) is 12.1 Å². The summed E-state index contributed by atoms with van der Waals surface area (Å²) in [6.45, 7) is 2.76. The summed E-state index contributed by atoms with van der Waals surface area (Å²) in [5.74, 6) is 0.849. The molecule has 6 heteroatoms. The summed E-state index contributed by atoms with van der Waals surface area (Å²) in [6.07, 6.45) is -0.274. The molecule has 1 amide bonds. The summed E-state index contributed by atoms with van der Waals surface area (Å²) >= 11 is 5.84. The van der Waals surface area contributed by atoms with Gasteiger partial charge >= 0.3 is 6.09 Å². The maximum Gasteiger partial charge on any atom is 0.409 e. The van der Waals surface area contributed by atoms with Gasteiger partial charge in [-0.05, 0) is 12.1 Å². The first-order valence-corrected chi connectivity index (χ1v) is 5.79. The average Bonchev–Trinajstić information content (AvgIpc) is 2.38. The first-order chi connectivity index (χ1) is 8.20. The second kappa shape index (κ2) is 5.23. The number of hydrogen-bond acceptors (Lipinski definition) is 4. The molecule has 0 radical (unpaired) electrons. The van der Waals surface area contributed by atoms with E-state index in [1.54, 1.807) is 11.0 Å². The minimum atomic E-state index is -0.274. The van der Waals surface area contributed by atoms with Crippen LogP contribution in [0.3, 0.4) is 0 Å². The average molecular weight is 256 g/mol. The van der Waals surface area contributed by atoms with Crippen molar-refractivity contribution in [2.75, 3.05) is 38.2 Å². The molecule has 17 heavy (non-hydrogen) atoms. The van der Waals surface area contributed by atoms with Crippen LogP contribution in [0, 0.1) is 0 Å². The van der Waals surface area contributed by atoms with Crippen molar-refractivity contribution in [3.63, 3.8) is 0 Å². The summed E-state index contributed by atoms with van der Waals surface area (Å²) < 4.78 is 4.68. The molecule has 92 valence electrons. The highest BCUT2D eigenvalue weighted by atomic mass is 35.5. The lowest BCUT2D eigenvalue weighted by Crippen LogP contribution is -2.49. The van der Waals surface area contributed by atoms with Gasteiger partial charge in [-0.3, -0.25) is 0 Å². The largest absolute Gasteiger partial charge is 0.453 e. The maximum absolute atomic E-state index is 11.3. The van der Waals surface area contributed by atoms with Crippen LogP contribution in [0.5, 0.6) is 0 Å². The van der Waals surface area contributed by atoms with Gasteiger partial charge in [-0.15, -0.1) is 0 Å². The zero-order valence-electron chi connectivity index (χ0n) is 9.60. The predicted octanol–water partition coefficient (Wildman–Crippen LogP) is 1.62. The smallest absolute Gasteiger partial charge is 0.409 e. The molecule has 1 saturated heterocycles. The van der Waals surface area contributed by atoms with E-state index in [9.17, 15) is 4.79 Å². The van der Waals surface area contributed by atoms with Crippen LogP contribution in [-0.2, 0) is 4.74 Å². The van der Waals surface area contributed by atoms with E-state index in [2.05, 4.69) is 14.6 Å². The Morgan fingerprint density at radius 3 is 2.65 bits per heavy atom. The Balaban J connectivity index is 1.97. The number of ether oxygens (including phenoxy) is 1. The minimum absolute atomic E-state index is 0.274. The SMILES string of the molecule is COC(=O)N1CCN(c2cccc(Cl)n2)CC1. The maximum atomic E-state index is 11.3. The van der Waals surface area contributed by atoms with E-state index in [4.69, 9.17) is 11.6 Å². The Kier molecular flexibility index (Phi) is 3.68. The summed E-state index contributed by atoms with van der Waals surface area (Å²) in [5, 5.41) is 0.484. The molecule has 0 N–H and O–H groups in total. The Morgan fingerprint density at radius 1 is 1.35 bits per heavy atom. The van der Waals surface area contributed by atoms with Crippen LogP contribution in [0.4, 0.5) is 10.6 Å². The molecule has 1 aliphatic heterocycles. The number of halogens is 1. The zero-order chi connectivity index (χ0) is 12.3. The number of hydrogen-bond donors (Lipinski definition) is 0. The number of aromatic nitrogens is 1. The molecule has 2 rings (SSSR count). The lowest BCUT2D eigenvalue weighted by atomic mass is 10.3. The standard InChI is InChI=1S/C11H14ClN3O2/c1-17-11(16)15-7-5-14(6-8-15)10-4-2-3-9(12)13-10/h2-4H,5-8H2,1H3. The molecule has 2 heterocycles. The van der Waals surface area contributed by atoms with Gasteiger partial charge in [0.1, 0.15) is 11.0 Å². The highest BCUT2D eigenvalue weighted by Gasteiger charge is 2.22. The first kappa shape index (κ1) is 12.0. The van der Waals surface area contributed by atoms with Crippen LogP contribution in [0.15, 0.2) is 18.2 Å². The van der Waals surface area contributed by atoms with Crippen LogP contribution in [0.2, 0.25) is 5.15 Å². The van der Waals surface area contributed by atoms with E-state index in [-0.39, 0.29) is 6.09 Å². The Labute approximate surface area is 105 Å². The topological polar surface area (TPSA) is 45.7 Å². The van der Waals surface area contributed by atoms with E-state index in [0.717, 1.165) is 18.9 Å². The van der Waals surface area contributed by atoms with Crippen LogP contribution < -0.4 is 4.90 Å². The van der Waals surface area contributed by atoms with E-state index < -0.39 is 0 Å². The highest BCUT2D eigenvalue weighted by Crippen LogP contribution is 2.16. The molecule has 1 fully saturated rings. The second-order valence-corrected chi connectivity index (χ2v) is 4.15. The molecule has 1 aromatic heterocycles. The van der Waals surface area contributed by atoms with Gasteiger partial charge < -0.3 is 14.5 Å². The zero-order valence-corrected chi connectivity index (χ0v) is 10.4. The molecular formula is C11H14ClN3O2. The Bertz CT molecular complexity index is 405. The van der Waals surface area contributed by atoms with E-state index in [1.165, 1.54) is 7.11 Å². The van der Waals surface area contributed by atoms with Crippen LogP contribution in [0.25, 0.3) is 0 Å². The lowest BCUT2D eigenvalue weighted by molar-refractivity contribution is 0.121. The number of piperazine rings is 1. The molecule has 0 aromatic carbocycles. The van der Waals surface area contributed by atoms with Crippen LogP contribution >= 0.6 is 11.6 Å². The summed E-state index contributed by atoms with van der Waals surface area (Å²) in [4.78, 5) is 19.3. The number of anilines is 1. The number of methoxy groups -OCH3 is 1. The lowest BCUT2D eigenvalue weighted by Gasteiger charge is -2.34. The number of rotatable bonds is 1. The van der Waals surface area contributed by atoms with Gasteiger partial charge in [-0.1, -0.05) is 17.7 Å². The highest BCUT2D eigenvalue weighted by molar-refractivity contribution is 6.29. The van der Waals surface area contributed by atoms with Gasteiger partial charge in [0.2, 0.25) is 0 Å². The molecule has 1 aromatic rings. The summed E-state index contributed by atoms with van der Waals surface area (Å²) in [5.41, 5.74) is 0. The third kappa shape index (κ3) is 2.79. The summed E-state index contributed by atoms with van der Waals surface area (Å²) in [6, 6.07) is 5.53. The number of carbonyl (C=O) groups excluding carboxylic acids is 1. The molecular weight excluding hydrogens is 242 g/mol. The number of pyridine rings is 1. The third-order valence-corrected chi connectivity index (χ3v) is 2.95.